The Morgan fingerprint density at radius 2 is 2.04 bits per heavy atom. The molecule has 2 fully saturated rings. The average Bonchev–Trinajstić information content (AvgIpc) is 3.45. The number of nitrogens with one attached hydrogen (secondary N) is 3. The molecule has 1 saturated carbocycles. The first kappa shape index (κ1) is 19.0. The lowest BCUT2D eigenvalue weighted by atomic mass is 10.1. The summed E-state index contributed by atoms with van der Waals surface area (Å²) in [5.41, 5.74) is 1.01. The molecule has 1 aromatic carbocycles. The van der Waals surface area contributed by atoms with Gasteiger partial charge in [-0.2, -0.15) is 11.8 Å². The van der Waals surface area contributed by atoms with Gasteiger partial charge in [-0.05, 0) is 37.5 Å². The molecule has 7 heteroatoms. The van der Waals surface area contributed by atoms with E-state index in [9.17, 15) is 9.59 Å². The SMILES string of the molecule is CC(NC(=O)CC1CSCCN1)c1ccc(OCC(=O)NC2CC2)cc1. The molecule has 2 aliphatic rings. The minimum atomic E-state index is -0.0771. The van der Waals surface area contributed by atoms with Gasteiger partial charge in [-0.1, -0.05) is 12.1 Å². The van der Waals surface area contributed by atoms with Gasteiger partial charge in [-0.15, -0.1) is 0 Å². The first-order valence-electron chi connectivity index (χ1n) is 9.23. The summed E-state index contributed by atoms with van der Waals surface area (Å²) < 4.78 is 5.50. The summed E-state index contributed by atoms with van der Waals surface area (Å²) in [6, 6.07) is 8.06. The van der Waals surface area contributed by atoms with Crippen molar-refractivity contribution in [2.45, 2.75) is 44.3 Å². The molecule has 2 atom stereocenters. The molecule has 142 valence electrons. The highest BCUT2D eigenvalue weighted by atomic mass is 32.2. The van der Waals surface area contributed by atoms with E-state index in [1.54, 1.807) is 0 Å². The van der Waals surface area contributed by atoms with E-state index in [1.165, 1.54) is 0 Å². The van der Waals surface area contributed by atoms with Crippen LogP contribution in [0.15, 0.2) is 24.3 Å². The monoisotopic (exact) mass is 377 g/mol. The first-order chi connectivity index (χ1) is 12.6. The normalized spacial score (nSPS) is 20.9. The standard InChI is InChI=1S/C19H27N3O3S/c1-13(21-18(23)10-16-12-26-9-8-20-16)14-2-6-17(7-3-14)25-11-19(24)22-15-4-5-15/h2-3,6-7,13,15-16,20H,4-5,8-12H2,1H3,(H,21,23)(H,22,24). The second-order valence-electron chi connectivity index (χ2n) is 6.92. The van der Waals surface area contributed by atoms with Gasteiger partial charge in [0.2, 0.25) is 5.91 Å². The Labute approximate surface area is 158 Å². The molecule has 0 aromatic heterocycles. The highest BCUT2D eigenvalue weighted by Gasteiger charge is 2.23. The summed E-state index contributed by atoms with van der Waals surface area (Å²) in [5, 5.41) is 9.32. The molecule has 1 saturated heterocycles. The van der Waals surface area contributed by atoms with Crippen LogP contribution in [-0.2, 0) is 9.59 Å². The molecule has 1 aromatic rings. The molecule has 1 heterocycles. The van der Waals surface area contributed by atoms with Gasteiger partial charge < -0.3 is 20.7 Å². The third kappa shape index (κ3) is 6.21. The van der Waals surface area contributed by atoms with Crippen LogP contribution in [0.1, 0.15) is 37.8 Å². The van der Waals surface area contributed by atoms with Gasteiger partial charge >= 0.3 is 0 Å². The van der Waals surface area contributed by atoms with Crippen LogP contribution < -0.4 is 20.7 Å². The van der Waals surface area contributed by atoms with Crippen molar-refractivity contribution in [1.29, 1.82) is 0 Å². The van der Waals surface area contributed by atoms with Gasteiger partial charge in [-0.3, -0.25) is 9.59 Å². The van der Waals surface area contributed by atoms with Crippen LogP contribution in [0, 0.1) is 0 Å². The maximum absolute atomic E-state index is 12.2. The van der Waals surface area contributed by atoms with Crippen LogP contribution >= 0.6 is 11.8 Å². The lowest BCUT2D eigenvalue weighted by Gasteiger charge is -2.23. The summed E-state index contributed by atoms with van der Waals surface area (Å²) >= 11 is 1.89. The summed E-state index contributed by atoms with van der Waals surface area (Å²) in [6.45, 7) is 2.98. The quantitative estimate of drug-likeness (QED) is 0.642. The van der Waals surface area contributed by atoms with E-state index in [0.29, 0.717) is 18.2 Å². The Morgan fingerprint density at radius 1 is 1.27 bits per heavy atom. The fourth-order valence-electron chi connectivity index (χ4n) is 2.86. The number of amides is 2. The third-order valence-corrected chi connectivity index (χ3v) is 5.63. The van der Waals surface area contributed by atoms with E-state index in [1.807, 2.05) is 43.0 Å². The van der Waals surface area contributed by atoms with Gasteiger partial charge in [0, 0.05) is 36.6 Å². The largest absolute Gasteiger partial charge is 0.484 e. The zero-order valence-corrected chi connectivity index (χ0v) is 15.9. The van der Waals surface area contributed by atoms with Crippen molar-refractivity contribution in [3.8, 4) is 5.75 Å². The number of ether oxygens (including phenoxy) is 1. The van der Waals surface area contributed by atoms with Crippen molar-refractivity contribution >= 4 is 23.6 Å². The predicted molar refractivity (Wildman–Crippen MR) is 103 cm³/mol. The van der Waals surface area contributed by atoms with E-state index in [2.05, 4.69) is 16.0 Å². The Balaban J connectivity index is 1.41. The molecule has 3 N–H and O–H groups in total. The fourth-order valence-corrected chi connectivity index (χ4v) is 3.81. The van der Waals surface area contributed by atoms with Gasteiger partial charge in [0.05, 0.1) is 6.04 Å². The van der Waals surface area contributed by atoms with Gasteiger partial charge in [0.25, 0.3) is 5.91 Å². The van der Waals surface area contributed by atoms with E-state index in [0.717, 1.165) is 36.5 Å². The summed E-state index contributed by atoms with van der Waals surface area (Å²) in [4.78, 5) is 23.8. The molecule has 1 aliphatic heterocycles. The molecule has 2 amide bonds. The number of thioether (sulfide) groups is 1. The zero-order valence-electron chi connectivity index (χ0n) is 15.1. The third-order valence-electron chi connectivity index (χ3n) is 4.50. The predicted octanol–water partition coefficient (Wildman–Crippen LogP) is 1.62. The van der Waals surface area contributed by atoms with Gasteiger partial charge in [0.1, 0.15) is 5.75 Å². The van der Waals surface area contributed by atoms with Gasteiger partial charge in [0.15, 0.2) is 6.61 Å². The Bertz CT molecular complexity index is 613. The van der Waals surface area contributed by atoms with E-state index in [4.69, 9.17) is 4.74 Å². The van der Waals surface area contributed by atoms with Crippen LogP contribution in [-0.4, -0.2) is 48.6 Å². The Kier molecular flexibility index (Phi) is 6.80. The number of hydrogen-bond donors (Lipinski definition) is 3. The second kappa shape index (κ2) is 9.28. The van der Waals surface area contributed by atoms with Crippen LogP contribution in [0.25, 0.3) is 0 Å². The topological polar surface area (TPSA) is 79.5 Å². The lowest BCUT2D eigenvalue weighted by Crippen LogP contribution is -2.41. The molecule has 0 radical (unpaired) electrons. The van der Waals surface area contributed by atoms with Crippen LogP contribution in [0.5, 0.6) is 5.75 Å². The molecule has 0 spiro atoms. The van der Waals surface area contributed by atoms with Crippen molar-refractivity contribution in [3.63, 3.8) is 0 Å². The number of carbonyl (C=O) groups is 2. The highest BCUT2D eigenvalue weighted by Crippen LogP contribution is 2.20. The Hall–Kier alpha value is -1.73. The maximum Gasteiger partial charge on any atom is 0.258 e. The minimum absolute atomic E-state index is 0.0362. The number of hydrogen-bond acceptors (Lipinski definition) is 5. The van der Waals surface area contributed by atoms with E-state index < -0.39 is 0 Å². The van der Waals surface area contributed by atoms with Crippen molar-refractivity contribution < 1.29 is 14.3 Å². The molecule has 2 unspecified atom stereocenters. The van der Waals surface area contributed by atoms with Crippen molar-refractivity contribution in [2.24, 2.45) is 0 Å². The van der Waals surface area contributed by atoms with E-state index >= 15 is 0 Å². The average molecular weight is 378 g/mol. The molecule has 3 rings (SSSR count). The van der Waals surface area contributed by atoms with Crippen molar-refractivity contribution in [3.05, 3.63) is 29.8 Å². The zero-order chi connectivity index (χ0) is 18.4. The number of rotatable bonds is 8. The van der Waals surface area contributed by atoms with Crippen LogP contribution in [0.3, 0.4) is 0 Å². The second-order valence-corrected chi connectivity index (χ2v) is 8.07. The number of benzene rings is 1. The molecule has 0 bridgehead atoms. The lowest BCUT2D eigenvalue weighted by molar-refractivity contribution is -0.123. The van der Waals surface area contributed by atoms with E-state index in [-0.39, 0.29) is 30.5 Å². The van der Waals surface area contributed by atoms with Crippen LogP contribution in [0.2, 0.25) is 0 Å². The maximum atomic E-state index is 12.2. The summed E-state index contributed by atoms with van der Waals surface area (Å²) in [5.74, 6) is 2.75. The van der Waals surface area contributed by atoms with Crippen molar-refractivity contribution in [2.75, 3.05) is 24.7 Å². The Morgan fingerprint density at radius 3 is 2.69 bits per heavy atom. The smallest absolute Gasteiger partial charge is 0.258 e. The first-order valence-corrected chi connectivity index (χ1v) is 10.4. The van der Waals surface area contributed by atoms with Crippen molar-refractivity contribution in [1.82, 2.24) is 16.0 Å². The minimum Gasteiger partial charge on any atom is -0.484 e. The highest BCUT2D eigenvalue weighted by molar-refractivity contribution is 7.99. The van der Waals surface area contributed by atoms with Crippen LogP contribution in [0.4, 0.5) is 0 Å². The number of carbonyl (C=O) groups excluding carboxylic acids is 2. The molecule has 26 heavy (non-hydrogen) atoms. The molecular weight excluding hydrogens is 350 g/mol. The molecule has 6 nitrogen and oxygen atoms in total. The molecular formula is C19H27N3O3S. The van der Waals surface area contributed by atoms with Gasteiger partial charge in [-0.25, -0.2) is 0 Å². The fraction of sp³-hybridized carbons (Fsp3) is 0.579. The molecule has 1 aliphatic carbocycles. The summed E-state index contributed by atoms with van der Waals surface area (Å²) in [7, 11) is 0. The summed E-state index contributed by atoms with van der Waals surface area (Å²) in [6.07, 6.45) is 2.65.